The normalized spacial score (nSPS) is 10.1. The Morgan fingerprint density at radius 1 is 1.89 bits per heavy atom. The van der Waals surface area contributed by atoms with Gasteiger partial charge >= 0.3 is 0 Å². The van der Waals surface area contributed by atoms with Gasteiger partial charge in [-0.05, 0) is 0 Å². The van der Waals surface area contributed by atoms with E-state index in [2.05, 4.69) is 5.10 Å². The van der Waals surface area contributed by atoms with E-state index in [0.717, 1.165) is 0 Å². The van der Waals surface area contributed by atoms with Gasteiger partial charge in [-0.15, -0.1) is 11.6 Å². The monoisotopic (exact) mass is 148 g/mol. The third-order valence-electron chi connectivity index (χ3n) is 0.981. The number of hydrogen-bond acceptors (Lipinski definition) is 1. The topological polar surface area (TPSA) is 17.8 Å². The van der Waals surface area contributed by atoms with Gasteiger partial charge in [-0.2, -0.15) is 5.10 Å². The summed E-state index contributed by atoms with van der Waals surface area (Å²) >= 11 is 5.33. The lowest BCUT2D eigenvalue weighted by Gasteiger charge is -1.82. The van der Waals surface area contributed by atoms with Crippen LogP contribution in [-0.2, 0) is 12.9 Å². The largest absolute Gasteiger partial charge is 0.272 e. The molecule has 0 fully saturated rings. The lowest BCUT2D eigenvalue weighted by Crippen LogP contribution is -1.88. The maximum Gasteiger partial charge on any atom is 0.165 e. The number of aromatic nitrogens is 2. The molecule has 0 saturated carbocycles. The maximum atomic E-state index is 12.4. The van der Waals surface area contributed by atoms with Gasteiger partial charge < -0.3 is 0 Å². The predicted octanol–water partition coefficient (Wildman–Crippen LogP) is 1.30. The fourth-order valence-corrected chi connectivity index (χ4v) is 0.777. The molecule has 0 radical (unpaired) electrons. The van der Waals surface area contributed by atoms with Gasteiger partial charge in [0.2, 0.25) is 0 Å². The van der Waals surface area contributed by atoms with Crippen LogP contribution in [0.15, 0.2) is 6.20 Å². The van der Waals surface area contributed by atoms with Crippen molar-refractivity contribution >= 4 is 11.6 Å². The summed E-state index contributed by atoms with van der Waals surface area (Å²) in [5.41, 5.74) is 0.305. The first-order chi connectivity index (χ1) is 4.24. The molecule has 4 heteroatoms. The van der Waals surface area contributed by atoms with E-state index in [1.165, 1.54) is 10.9 Å². The summed E-state index contributed by atoms with van der Waals surface area (Å²) in [5, 5.41) is 3.74. The molecule has 2 nitrogen and oxygen atoms in total. The Labute approximate surface area is 57.2 Å². The summed E-state index contributed by atoms with van der Waals surface area (Å²) in [6, 6.07) is 0. The van der Waals surface area contributed by atoms with Crippen LogP contribution >= 0.6 is 11.6 Å². The average molecular weight is 149 g/mol. The molecule has 0 unspecified atom stereocenters. The first kappa shape index (κ1) is 6.55. The molecule has 0 aliphatic carbocycles. The molecular weight excluding hydrogens is 143 g/mol. The van der Waals surface area contributed by atoms with Crippen LogP contribution in [0.5, 0.6) is 0 Å². The Morgan fingerprint density at radius 2 is 2.56 bits per heavy atom. The number of alkyl halides is 1. The second-order valence-electron chi connectivity index (χ2n) is 1.73. The Morgan fingerprint density at radius 3 is 2.78 bits per heavy atom. The van der Waals surface area contributed by atoms with Crippen LogP contribution in [0.3, 0.4) is 0 Å². The van der Waals surface area contributed by atoms with Crippen LogP contribution in [0, 0.1) is 5.82 Å². The van der Waals surface area contributed by atoms with Crippen LogP contribution in [0.2, 0.25) is 0 Å². The Kier molecular flexibility index (Phi) is 1.71. The lowest BCUT2D eigenvalue weighted by molar-refractivity contribution is 0.616. The zero-order valence-electron chi connectivity index (χ0n) is 4.93. The van der Waals surface area contributed by atoms with Gasteiger partial charge in [0, 0.05) is 7.05 Å². The summed E-state index contributed by atoms with van der Waals surface area (Å²) in [7, 11) is 1.65. The molecule has 1 rings (SSSR count). The molecular formula is C5H6ClFN2. The van der Waals surface area contributed by atoms with E-state index in [1.807, 2.05) is 0 Å². The molecule has 1 aromatic heterocycles. The maximum absolute atomic E-state index is 12.4. The summed E-state index contributed by atoms with van der Waals surface area (Å²) in [6.45, 7) is 0. The Hall–Kier alpha value is -0.570. The highest BCUT2D eigenvalue weighted by atomic mass is 35.5. The van der Waals surface area contributed by atoms with Crippen molar-refractivity contribution in [2.45, 2.75) is 5.88 Å². The van der Waals surface area contributed by atoms with E-state index < -0.39 is 0 Å². The molecule has 0 N–H and O–H groups in total. The number of halogens is 2. The van der Waals surface area contributed by atoms with Crippen LogP contribution in [-0.4, -0.2) is 9.78 Å². The third-order valence-corrected chi connectivity index (χ3v) is 1.23. The number of nitrogens with zero attached hydrogens (tertiary/aromatic N) is 2. The minimum Gasteiger partial charge on any atom is -0.272 e. The molecule has 0 aromatic carbocycles. The zero-order chi connectivity index (χ0) is 6.85. The predicted molar refractivity (Wildman–Crippen MR) is 32.7 cm³/mol. The molecule has 50 valence electrons. The van der Waals surface area contributed by atoms with Crippen molar-refractivity contribution in [3.05, 3.63) is 17.7 Å². The van der Waals surface area contributed by atoms with E-state index in [1.54, 1.807) is 7.05 Å². The van der Waals surface area contributed by atoms with E-state index in [9.17, 15) is 4.39 Å². The highest BCUT2D eigenvalue weighted by Crippen LogP contribution is 2.05. The Balaban J connectivity index is 3.01. The molecule has 0 aliphatic heterocycles. The zero-order valence-corrected chi connectivity index (χ0v) is 5.69. The van der Waals surface area contributed by atoms with Gasteiger partial charge in [0.1, 0.15) is 5.69 Å². The summed E-state index contributed by atoms with van der Waals surface area (Å²) in [5.74, 6) is -0.209. The van der Waals surface area contributed by atoms with Gasteiger partial charge in [-0.3, -0.25) is 4.68 Å². The highest BCUT2D eigenvalue weighted by molar-refractivity contribution is 6.16. The molecule has 0 atom stereocenters. The second-order valence-corrected chi connectivity index (χ2v) is 2.00. The van der Waals surface area contributed by atoms with E-state index >= 15 is 0 Å². The quantitative estimate of drug-likeness (QED) is 0.549. The second kappa shape index (κ2) is 2.35. The molecule has 0 saturated heterocycles. The SMILES string of the molecule is Cn1cc(F)c(CCl)n1. The van der Waals surface area contributed by atoms with E-state index in [4.69, 9.17) is 11.6 Å². The first-order valence-corrected chi connectivity index (χ1v) is 3.01. The first-order valence-electron chi connectivity index (χ1n) is 2.48. The highest BCUT2D eigenvalue weighted by Gasteiger charge is 2.03. The van der Waals surface area contributed by atoms with Crippen LogP contribution < -0.4 is 0 Å². The van der Waals surface area contributed by atoms with Crippen LogP contribution in [0.1, 0.15) is 5.69 Å². The smallest absolute Gasteiger partial charge is 0.165 e. The average Bonchev–Trinajstić information content (AvgIpc) is 2.10. The summed E-state index contributed by atoms with van der Waals surface area (Å²) < 4.78 is 13.8. The van der Waals surface area contributed by atoms with Crippen molar-refractivity contribution in [2.24, 2.45) is 7.05 Å². The van der Waals surface area contributed by atoms with Crippen molar-refractivity contribution in [1.29, 1.82) is 0 Å². The van der Waals surface area contributed by atoms with Gasteiger partial charge in [-0.25, -0.2) is 4.39 Å². The molecule has 9 heavy (non-hydrogen) atoms. The van der Waals surface area contributed by atoms with Crippen molar-refractivity contribution in [1.82, 2.24) is 9.78 Å². The molecule has 0 aliphatic rings. The number of aryl methyl sites for hydroxylation is 1. The molecule has 0 spiro atoms. The minimum atomic E-state index is -0.340. The minimum absolute atomic E-state index is 0.132. The number of rotatable bonds is 1. The molecule has 0 bridgehead atoms. The van der Waals surface area contributed by atoms with Gasteiger partial charge in [0.25, 0.3) is 0 Å². The van der Waals surface area contributed by atoms with Crippen molar-refractivity contribution < 1.29 is 4.39 Å². The summed E-state index contributed by atoms with van der Waals surface area (Å²) in [4.78, 5) is 0. The van der Waals surface area contributed by atoms with Crippen LogP contribution in [0.4, 0.5) is 4.39 Å². The third kappa shape index (κ3) is 1.21. The van der Waals surface area contributed by atoms with Crippen LogP contribution in [0.25, 0.3) is 0 Å². The standard InChI is InChI=1S/C5H6ClFN2/c1-9-3-4(7)5(2-6)8-9/h3H,2H2,1H3. The number of hydrogen-bond donors (Lipinski definition) is 0. The molecule has 0 amide bonds. The van der Waals surface area contributed by atoms with Gasteiger partial charge in [0.15, 0.2) is 5.82 Å². The van der Waals surface area contributed by atoms with Crippen molar-refractivity contribution in [3.8, 4) is 0 Å². The van der Waals surface area contributed by atoms with Crippen molar-refractivity contribution in [2.75, 3.05) is 0 Å². The van der Waals surface area contributed by atoms with Gasteiger partial charge in [0.05, 0.1) is 12.1 Å². The fraction of sp³-hybridized carbons (Fsp3) is 0.400. The molecule has 1 aromatic rings. The van der Waals surface area contributed by atoms with E-state index in [0.29, 0.717) is 5.69 Å². The fourth-order valence-electron chi connectivity index (χ4n) is 0.596. The lowest BCUT2D eigenvalue weighted by atomic mass is 10.5. The van der Waals surface area contributed by atoms with E-state index in [-0.39, 0.29) is 11.7 Å². The Bertz CT molecular complexity index is 209. The summed E-state index contributed by atoms with van der Waals surface area (Å²) in [6.07, 6.45) is 1.29. The van der Waals surface area contributed by atoms with Gasteiger partial charge in [-0.1, -0.05) is 0 Å². The molecule has 1 heterocycles. The van der Waals surface area contributed by atoms with Crippen molar-refractivity contribution in [3.63, 3.8) is 0 Å².